The summed E-state index contributed by atoms with van der Waals surface area (Å²) in [4.78, 5) is 0. The minimum Gasteiger partial charge on any atom is -0.374 e. The van der Waals surface area contributed by atoms with Crippen LogP contribution in [-0.2, 0) is 34.0 Å². The molecule has 0 amide bonds. The molecule has 3 aliphatic carbocycles. The zero-order valence-corrected chi connectivity index (χ0v) is 18.9. The van der Waals surface area contributed by atoms with Crippen molar-refractivity contribution < 1.29 is 14.2 Å². The van der Waals surface area contributed by atoms with Crippen molar-refractivity contribution in [3.05, 3.63) is 34.9 Å². The molecule has 3 nitrogen and oxygen atoms in total. The molecule has 3 fully saturated rings. The Balaban J connectivity index is 1.36. The molecule has 3 heteroatoms. The third-order valence-corrected chi connectivity index (χ3v) is 7.36. The highest BCUT2D eigenvalue weighted by atomic mass is 16.5. The first-order valence-corrected chi connectivity index (χ1v) is 12.8. The second-order valence-electron chi connectivity index (χ2n) is 9.82. The minimum atomic E-state index is 0.438. The van der Waals surface area contributed by atoms with Gasteiger partial charge >= 0.3 is 0 Å². The topological polar surface area (TPSA) is 27.7 Å². The van der Waals surface area contributed by atoms with Crippen molar-refractivity contribution in [2.24, 2.45) is 0 Å². The van der Waals surface area contributed by atoms with Crippen LogP contribution in [0.15, 0.2) is 18.2 Å². The predicted molar refractivity (Wildman–Crippen MR) is 121 cm³/mol. The summed E-state index contributed by atoms with van der Waals surface area (Å²) in [5.74, 6) is 0. The molecule has 3 aliphatic rings. The lowest BCUT2D eigenvalue weighted by Gasteiger charge is -2.25. The van der Waals surface area contributed by atoms with E-state index in [1.54, 1.807) is 0 Å². The van der Waals surface area contributed by atoms with Crippen molar-refractivity contribution in [3.8, 4) is 0 Å². The van der Waals surface area contributed by atoms with E-state index in [1.807, 2.05) is 0 Å². The van der Waals surface area contributed by atoms with Gasteiger partial charge in [0.1, 0.15) is 0 Å². The van der Waals surface area contributed by atoms with E-state index in [4.69, 9.17) is 14.2 Å². The lowest BCUT2D eigenvalue weighted by molar-refractivity contribution is 0.00664. The van der Waals surface area contributed by atoms with Gasteiger partial charge in [-0.15, -0.1) is 0 Å². The maximum Gasteiger partial charge on any atom is 0.0724 e. The van der Waals surface area contributed by atoms with Crippen LogP contribution in [0.2, 0.25) is 0 Å². The van der Waals surface area contributed by atoms with E-state index in [0.717, 1.165) is 13.2 Å². The molecule has 0 aliphatic heterocycles. The van der Waals surface area contributed by atoms with Crippen LogP contribution in [0.4, 0.5) is 0 Å². The van der Waals surface area contributed by atoms with Crippen molar-refractivity contribution in [2.75, 3.05) is 0 Å². The van der Waals surface area contributed by atoms with E-state index in [1.165, 1.54) is 113 Å². The lowest BCUT2D eigenvalue weighted by Crippen LogP contribution is -2.19. The molecule has 168 valence electrons. The monoisotopic (exact) mass is 414 g/mol. The van der Waals surface area contributed by atoms with Crippen LogP contribution in [0.25, 0.3) is 0 Å². The van der Waals surface area contributed by atoms with Crippen molar-refractivity contribution in [1.29, 1.82) is 0 Å². The summed E-state index contributed by atoms with van der Waals surface area (Å²) in [6.07, 6.45) is 20.7. The van der Waals surface area contributed by atoms with E-state index < -0.39 is 0 Å². The van der Waals surface area contributed by atoms with Crippen LogP contribution < -0.4 is 0 Å². The second-order valence-corrected chi connectivity index (χ2v) is 9.82. The van der Waals surface area contributed by atoms with E-state index in [-0.39, 0.29) is 0 Å². The predicted octanol–water partition coefficient (Wildman–Crippen LogP) is 7.23. The Kier molecular flexibility index (Phi) is 9.08. The SMILES string of the molecule is c1cc(COC2CCCCC2)c(COC2CCCCC2)cc1COC1CCCCC1. The minimum absolute atomic E-state index is 0.438. The Bertz CT molecular complexity index is 611. The Morgan fingerprint density at radius 1 is 0.500 bits per heavy atom. The molecule has 30 heavy (non-hydrogen) atoms. The standard InChI is InChI=1S/C27H42O3/c1-4-10-25(11-5-1)28-19-22-16-17-23(20-29-26-12-6-2-7-13-26)24(18-22)21-30-27-14-8-3-9-15-27/h16-18,25-27H,1-15,19-21H2. The van der Waals surface area contributed by atoms with Crippen LogP contribution >= 0.6 is 0 Å². The first-order chi connectivity index (χ1) is 14.9. The maximum absolute atomic E-state index is 6.35. The molecule has 0 unspecified atom stereocenters. The van der Waals surface area contributed by atoms with Crippen molar-refractivity contribution in [3.63, 3.8) is 0 Å². The smallest absolute Gasteiger partial charge is 0.0724 e. The molecule has 1 aromatic rings. The normalized spacial score (nSPS) is 22.4. The lowest BCUT2D eigenvalue weighted by atomic mass is 9.97. The van der Waals surface area contributed by atoms with Gasteiger partial charge in [0.15, 0.2) is 0 Å². The van der Waals surface area contributed by atoms with Gasteiger partial charge in [-0.05, 0) is 55.2 Å². The fourth-order valence-corrected chi connectivity index (χ4v) is 5.37. The highest BCUT2D eigenvalue weighted by molar-refractivity contribution is 5.31. The van der Waals surface area contributed by atoms with Gasteiger partial charge in [-0.2, -0.15) is 0 Å². The summed E-state index contributed by atoms with van der Waals surface area (Å²) in [5.41, 5.74) is 3.89. The Hall–Kier alpha value is -0.900. The summed E-state index contributed by atoms with van der Waals surface area (Å²) in [5, 5.41) is 0. The van der Waals surface area contributed by atoms with E-state index in [0.29, 0.717) is 24.9 Å². The fraction of sp³-hybridized carbons (Fsp3) is 0.778. The molecular formula is C27H42O3. The number of hydrogen-bond donors (Lipinski definition) is 0. The molecule has 1 aromatic carbocycles. The third-order valence-electron chi connectivity index (χ3n) is 7.36. The summed E-state index contributed by atoms with van der Waals surface area (Å²) in [7, 11) is 0. The summed E-state index contributed by atoms with van der Waals surface area (Å²) in [6.45, 7) is 2.16. The average Bonchev–Trinajstić information content (AvgIpc) is 2.82. The van der Waals surface area contributed by atoms with Crippen molar-refractivity contribution in [1.82, 2.24) is 0 Å². The Labute approximate surface area is 183 Å². The zero-order chi connectivity index (χ0) is 20.4. The van der Waals surface area contributed by atoms with Gasteiger partial charge in [-0.3, -0.25) is 0 Å². The number of ether oxygens (including phenoxy) is 3. The molecule has 0 heterocycles. The van der Waals surface area contributed by atoms with Gasteiger partial charge in [-0.25, -0.2) is 0 Å². The molecule has 3 saturated carbocycles. The largest absolute Gasteiger partial charge is 0.374 e. The van der Waals surface area contributed by atoms with E-state index in [9.17, 15) is 0 Å². The molecule has 0 bridgehead atoms. The maximum atomic E-state index is 6.35. The summed E-state index contributed by atoms with van der Waals surface area (Å²) < 4.78 is 18.9. The van der Waals surface area contributed by atoms with Crippen LogP contribution in [0, 0.1) is 0 Å². The first kappa shape index (κ1) is 22.3. The van der Waals surface area contributed by atoms with Crippen molar-refractivity contribution >= 4 is 0 Å². The number of hydrogen-bond acceptors (Lipinski definition) is 3. The summed E-state index contributed by atoms with van der Waals surface area (Å²) in [6, 6.07) is 6.83. The Morgan fingerprint density at radius 2 is 0.933 bits per heavy atom. The van der Waals surface area contributed by atoms with Crippen LogP contribution in [0.3, 0.4) is 0 Å². The van der Waals surface area contributed by atoms with Gasteiger partial charge in [-0.1, -0.05) is 76.0 Å². The molecule has 0 spiro atoms. The Morgan fingerprint density at radius 3 is 1.43 bits per heavy atom. The van der Waals surface area contributed by atoms with Crippen molar-refractivity contribution in [2.45, 2.75) is 134 Å². The summed E-state index contributed by atoms with van der Waals surface area (Å²) >= 11 is 0. The second kappa shape index (κ2) is 12.2. The molecule has 0 N–H and O–H groups in total. The highest BCUT2D eigenvalue weighted by Gasteiger charge is 2.18. The number of benzene rings is 1. The van der Waals surface area contributed by atoms with Gasteiger partial charge < -0.3 is 14.2 Å². The highest BCUT2D eigenvalue weighted by Crippen LogP contribution is 2.26. The van der Waals surface area contributed by atoms with Crippen LogP contribution in [-0.4, -0.2) is 18.3 Å². The van der Waals surface area contributed by atoms with Gasteiger partial charge in [0.2, 0.25) is 0 Å². The van der Waals surface area contributed by atoms with E-state index in [2.05, 4.69) is 18.2 Å². The van der Waals surface area contributed by atoms with E-state index >= 15 is 0 Å². The fourth-order valence-electron chi connectivity index (χ4n) is 5.37. The number of rotatable bonds is 9. The van der Waals surface area contributed by atoms with Gasteiger partial charge in [0, 0.05) is 0 Å². The molecule has 4 rings (SSSR count). The van der Waals surface area contributed by atoms with Gasteiger partial charge in [0.25, 0.3) is 0 Å². The van der Waals surface area contributed by atoms with Crippen LogP contribution in [0.5, 0.6) is 0 Å². The molecule has 0 atom stereocenters. The molecule has 0 aromatic heterocycles. The van der Waals surface area contributed by atoms with Crippen LogP contribution in [0.1, 0.15) is 113 Å². The zero-order valence-electron chi connectivity index (χ0n) is 18.9. The molecular weight excluding hydrogens is 372 g/mol. The molecule has 0 saturated heterocycles. The molecule has 0 radical (unpaired) electrons. The quantitative estimate of drug-likeness (QED) is 0.426. The third kappa shape index (κ3) is 7.07. The van der Waals surface area contributed by atoms with Gasteiger partial charge in [0.05, 0.1) is 38.1 Å². The first-order valence-electron chi connectivity index (χ1n) is 12.8. The average molecular weight is 415 g/mol.